The van der Waals surface area contributed by atoms with Crippen molar-refractivity contribution in [3.05, 3.63) is 17.3 Å². The molecule has 3 N–H and O–H groups in total. The maximum Gasteiger partial charge on any atom is 0.149 e. The van der Waals surface area contributed by atoms with Crippen LogP contribution in [0.15, 0.2) is 12.3 Å². The van der Waals surface area contributed by atoms with Crippen LogP contribution >= 0.6 is 11.6 Å². The number of ether oxygens (including phenoxy) is 1. The smallest absolute Gasteiger partial charge is 0.149 e. The van der Waals surface area contributed by atoms with Crippen molar-refractivity contribution in [3.8, 4) is 0 Å². The number of nitrogen functional groups attached to an aromatic ring is 1. The standard InChI is InChI=1S/C11H16ClN3O/c1-16-10-4-2-3-9(10)15-11-8(13)5-7(12)6-14-11/h5-6,9-10H,2-4,13H2,1H3,(H,14,15). The van der Waals surface area contributed by atoms with Gasteiger partial charge < -0.3 is 15.8 Å². The zero-order chi connectivity index (χ0) is 11.5. The van der Waals surface area contributed by atoms with Gasteiger partial charge in [0.15, 0.2) is 0 Å². The molecule has 1 heterocycles. The Labute approximate surface area is 100 Å². The summed E-state index contributed by atoms with van der Waals surface area (Å²) in [6, 6.07) is 1.99. The van der Waals surface area contributed by atoms with Crippen molar-refractivity contribution < 1.29 is 4.74 Å². The molecule has 2 atom stereocenters. The molecule has 0 aliphatic heterocycles. The number of methoxy groups -OCH3 is 1. The molecule has 0 bridgehead atoms. The molecule has 1 aliphatic carbocycles. The minimum absolute atomic E-state index is 0.247. The molecule has 4 nitrogen and oxygen atoms in total. The highest BCUT2D eigenvalue weighted by atomic mass is 35.5. The SMILES string of the molecule is COC1CCCC1Nc1ncc(Cl)cc1N. The summed E-state index contributed by atoms with van der Waals surface area (Å²) < 4.78 is 5.40. The Bertz CT molecular complexity index is 372. The molecule has 1 aromatic rings. The first kappa shape index (κ1) is 11.5. The predicted molar refractivity (Wildman–Crippen MR) is 65.7 cm³/mol. The quantitative estimate of drug-likeness (QED) is 0.853. The van der Waals surface area contributed by atoms with Gasteiger partial charge in [0.05, 0.1) is 22.9 Å². The summed E-state index contributed by atoms with van der Waals surface area (Å²) in [6.45, 7) is 0. The monoisotopic (exact) mass is 241 g/mol. The molecular formula is C11H16ClN3O. The first-order valence-corrected chi connectivity index (χ1v) is 5.79. The maximum atomic E-state index is 5.84. The van der Waals surface area contributed by atoms with E-state index in [-0.39, 0.29) is 6.10 Å². The van der Waals surface area contributed by atoms with Crippen LogP contribution in [-0.2, 0) is 4.74 Å². The highest BCUT2D eigenvalue weighted by molar-refractivity contribution is 6.30. The first-order valence-electron chi connectivity index (χ1n) is 5.41. The Hall–Kier alpha value is -1.00. The predicted octanol–water partition coefficient (Wildman–Crippen LogP) is 2.30. The molecule has 0 spiro atoms. The molecule has 1 aromatic heterocycles. The Morgan fingerprint density at radius 2 is 2.38 bits per heavy atom. The maximum absolute atomic E-state index is 5.84. The van der Waals surface area contributed by atoms with Crippen molar-refractivity contribution >= 4 is 23.1 Å². The molecular weight excluding hydrogens is 226 g/mol. The fraction of sp³-hybridized carbons (Fsp3) is 0.545. The zero-order valence-corrected chi connectivity index (χ0v) is 10.00. The van der Waals surface area contributed by atoms with Gasteiger partial charge in [-0.1, -0.05) is 11.6 Å². The summed E-state index contributed by atoms with van der Waals surface area (Å²) in [5.74, 6) is 0.693. The van der Waals surface area contributed by atoms with Gasteiger partial charge in [-0.15, -0.1) is 0 Å². The largest absolute Gasteiger partial charge is 0.396 e. The zero-order valence-electron chi connectivity index (χ0n) is 9.24. The van der Waals surface area contributed by atoms with E-state index in [1.165, 1.54) is 6.42 Å². The van der Waals surface area contributed by atoms with Crippen molar-refractivity contribution in [1.29, 1.82) is 0 Å². The number of rotatable bonds is 3. The summed E-state index contributed by atoms with van der Waals surface area (Å²) in [4.78, 5) is 4.19. The van der Waals surface area contributed by atoms with E-state index in [2.05, 4.69) is 10.3 Å². The third-order valence-corrected chi connectivity index (χ3v) is 3.17. The third-order valence-electron chi connectivity index (χ3n) is 2.96. The van der Waals surface area contributed by atoms with Gasteiger partial charge in [0, 0.05) is 13.3 Å². The van der Waals surface area contributed by atoms with Gasteiger partial charge in [0.2, 0.25) is 0 Å². The number of halogens is 1. The van der Waals surface area contributed by atoms with Crippen LogP contribution in [0.5, 0.6) is 0 Å². The van der Waals surface area contributed by atoms with Gasteiger partial charge in [0.1, 0.15) is 5.82 Å². The van der Waals surface area contributed by atoms with E-state index in [4.69, 9.17) is 22.1 Å². The normalized spacial score (nSPS) is 24.6. The highest BCUT2D eigenvalue weighted by Gasteiger charge is 2.27. The lowest BCUT2D eigenvalue weighted by Crippen LogP contribution is -2.30. The van der Waals surface area contributed by atoms with Crippen LogP contribution in [0, 0.1) is 0 Å². The number of pyridine rings is 1. The number of aromatic nitrogens is 1. The number of nitrogens with two attached hydrogens (primary N) is 1. The van der Waals surface area contributed by atoms with E-state index >= 15 is 0 Å². The molecule has 1 fully saturated rings. The van der Waals surface area contributed by atoms with Gasteiger partial charge in [-0.05, 0) is 25.3 Å². The number of hydrogen-bond acceptors (Lipinski definition) is 4. The molecule has 0 saturated heterocycles. The van der Waals surface area contributed by atoms with Crippen LogP contribution < -0.4 is 11.1 Å². The fourth-order valence-electron chi connectivity index (χ4n) is 2.12. The second-order valence-electron chi connectivity index (χ2n) is 4.05. The fourth-order valence-corrected chi connectivity index (χ4v) is 2.29. The van der Waals surface area contributed by atoms with E-state index in [1.54, 1.807) is 19.4 Å². The van der Waals surface area contributed by atoms with E-state index in [0.29, 0.717) is 22.6 Å². The molecule has 0 radical (unpaired) electrons. The second-order valence-corrected chi connectivity index (χ2v) is 4.48. The number of nitrogens with zero attached hydrogens (tertiary/aromatic N) is 1. The van der Waals surface area contributed by atoms with Crippen LogP contribution in [0.4, 0.5) is 11.5 Å². The summed E-state index contributed by atoms with van der Waals surface area (Å²) in [5, 5.41) is 3.87. The van der Waals surface area contributed by atoms with Gasteiger partial charge in [0.25, 0.3) is 0 Å². The van der Waals surface area contributed by atoms with Crippen LogP contribution in [0.25, 0.3) is 0 Å². The van der Waals surface area contributed by atoms with Gasteiger partial charge in [-0.2, -0.15) is 0 Å². The van der Waals surface area contributed by atoms with Gasteiger partial charge in [-0.25, -0.2) is 4.98 Å². The minimum atomic E-state index is 0.247. The topological polar surface area (TPSA) is 60.2 Å². The number of anilines is 2. The molecule has 1 aliphatic rings. The molecule has 2 unspecified atom stereocenters. The summed E-state index contributed by atoms with van der Waals surface area (Å²) in [5.41, 5.74) is 6.41. The lowest BCUT2D eigenvalue weighted by Gasteiger charge is -2.20. The summed E-state index contributed by atoms with van der Waals surface area (Å²) in [6.07, 6.45) is 5.18. The van der Waals surface area contributed by atoms with Crippen LogP contribution in [-0.4, -0.2) is 24.2 Å². The minimum Gasteiger partial charge on any atom is -0.396 e. The average molecular weight is 242 g/mol. The van der Waals surface area contributed by atoms with Gasteiger partial charge in [-0.3, -0.25) is 0 Å². The third kappa shape index (κ3) is 2.39. The van der Waals surface area contributed by atoms with Crippen molar-refractivity contribution in [1.82, 2.24) is 4.98 Å². The van der Waals surface area contributed by atoms with Crippen LogP contribution in [0.2, 0.25) is 5.02 Å². The summed E-state index contributed by atoms with van der Waals surface area (Å²) >= 11 is 5.79. The molecule has 16 heavy (non-hydrogen) atoms. The molecule has 0 aromatic carbocycles. The molecule has 0 amide bonds. The Morgan fingerprint density at radius 3 is 3.06 bits per heavy atom. The number of hydrogen-bond donors (Lipinski definition) is 2. The van der Waals surface area contributed by atoms with Crippen molar-refractivity contribution in [2.24, 2.45) is 0 Å². The second kappa shape index (κ2) is 4.89. The Balaban J connectivity index is 2.08. The molecule has 1 saturated carbocycles. The lowest BCUT2D eigenvalue weighted by molar-refractivity contribution is 0.101. The highest BCUT2D eigenvalue weighted by Crippen LogP contribution is 2.27. The Morgan fingerprint density at radius 1 is 1.56 bits per heavy atom. The van der Waals surface area contributed by atoms with Crippen LogP contribution in [0.3, 0.4) is 0 Å². The van der Waals surface area contributed by atoms with E-state index < -0.39 is 0 Å². The van der Waals surface area contributed by atoms with Crippen molar-refractivity contribution in [2.75, 3.05) is 18.2 Å². The molecule has 88 valence electrons. The van der Waals surface area contributed by atoms with Crippen molar-refractivity contribution in [2.45, 2.75) is 31.4 Å². The van der Waals surface area contributed by atoms with E-state index in [9.17, 15) is 0 Å². The average Bonchev–Trinajstić information content (AvgIpc) is 2.69. The lowest BCUT2D eigenvalue weighted by atomic mass is 10.2. The van der Waals surface area contributed by atoms with Crippen LogP contribution in [0.1, 0.15) is 19.3 Å². The molecule has 5 heteroatoms. The van der Waals surface area contributed by atoms with E-state index in [1.807, 2.05) is 0 Å². The number of nitrogens with one attached hydrogen (secondary N) is 1. The molecule has 2 rings (SSSR count). The van der Waals surface area contributed by atoms with Gasteiger partial charge >= 0.3 is 0 Å². The summed E-state index contributed by atoms with van der Waals surface area (Å²) in [7, 11) is 1.74. The Kier molecular flexibility index (Phi) is 3.51. The first-order chi connectivity index (χ1) is 7.70. The van der Waals surface area contributed by atoms with E-state index in [0.717, 1.165) is 12.8 Å². The van der Waals surface area contributed by atoms with Crippen molar-refractivity contribution in [3.63, 3.8) is 0 Å².